The third-order valence-electron chi connectivity index (χ3n) is 2.94. The van der Waals surface area contributed by atoms with E-state index < -0.39 is 4.92 Å². The highest BCUT2D eigenvalue weighted by atomic mass is 16.6. The van der Waals surface area contributed by atoms with Crippen molar-refractivity contribution in [2.45, 2.75) is 13.5 Å². The Morgan fingerprint density at radius 1 is 1.45 bits per heavy atom. The summed E-state index contributed by atoms with van der Waals surface area (Å²) in [5.74, 6) is 0. The number of aryl methyl sites for hydroxylation is 1. The van der Waals surface area contributed by atoms with E-state index in [1.54, 1.807) is 12.4 Å². The first-order chi connectivity index (χ1) is 9.61. The second-order valence-corrected chi connectivity index (χ2v) is 4.26. The maximum Gasteiger partial charge on any atom is 0.292 e. The second kappa shape index (κ2) is 5.80. The fourth-order valence-electron chi connectivity index (χ4n) is 1.78. The maximum atomic E-state index is 11.0. The minimum absolute atomic E-state index is 0.0504. The molecule has 1 aromatic heterocycles. The zero-order chi connectivity index (χ0) is 14.5. The van der Waals surface area contributed by atoms with Crippen molar-refractivity contribution in [1.29, 1.82) is 5.26 Å². The Bertz CT molecular complexity index is 692. The van der Waals surface area contributed by atoms with Crippen LogP contribution < -0.4 is 5.32 Å². The normalized spacial score (nSPS) is 9.80. The number of nitro groups is 1. The molecule has 0 atom stereocenters. The Balaban J connectivity index is 2.26. The molecule has 0 amide bonds. The maximum absolute atomic E-state index is 11.0. The van der Waals surface area contributed by atoms with E-state index in [-0.39, 0.29) is 5.69 Å². The monoisotopic (exact) mass is 268 g/mol. The first-order valence-corrected chi connectivity index (χ1v) is 5.93. The molecule has 2 aromatic rings. The molecule has 6 heteroatoms. The number of hydrogen-bond donors (Lipinski definition) is 1. The minimum atomic E-state index is -0.473. The van der Waals surface area contributed by atoms with Gasteiger partial charge in [-0.1, -0.05) is 0 Å². The van der Waals surface area contributed by atoms with Crippen molar-refractivity contribution >= 4 is 11.4 Å². The van der Waals surface area contributed by atoms with Gasteiger partial charge in [0.25, 0.3) is 5.69 Å². The lowest BCUT2D eigenvalue weighted by Gasteiger charge is -2.09. The van der Waals surface area contributed by atoms with E-state index >= 15 is 0 Å². The van der Waals surface area contributed by atoms with Crippen molar-refractivity contribution in [2.75, 3.05) is 5.32 Å². The zero-order valence-corrected chi connectivity index (χ0v) is 10.8. The molecular weight excluding hydrogens is 256 g/mol. The van der Waals surface area contributed by atoms with Gasteiger partial charge in [-0.2, -0.15) is 5.26 Å². The summed E-state index contributed by atoms with van der Waals surface area (Å²) < 4.78 is 0. The summed E-state index contributed by atoms with van der Waals surface area (Å²) in [5.41, 5.74) is 2.65. The van der Waals surface area contributed by atoms with E-state index in [1.165, 1.54) is 18.2 Å². The Labute approximate surface area is 115 Å². The molecule has 1 N–H and O–H groups in total. The zero-order valence-electron chi connectivity index (χ0n) is 10.8. The fraction of sp³-hybridized carbons (Fsp3) is 0.143. The molecule has 2 rings (SSSR count). The highest BCUT2D eigenvalue weighted by Crippen LogP contribution is 2.26. The summed E-state index contributed by atoms with van der Waals surface area (Å²) in [6.07, 6.45) is 3.40. The summed E-state index contributed by atoms with van der Waals surface area (Å²) in [4.78, 5) is 14.5. The molecule has 0 aliphatic rings. The molecule has 0 saturated carbocycles. The van der Waals surface area contributed by atoms with Gasteiger partial charge in [0.15, 0.2) is 0 Å². The fourth-order valence-corrected chi connectivity index (χ4v) is 1.78. The Kier molecular flexibility index (Phi) is 3.91. The minimum Gasteiger partial charge on any atom is -0.375 e. The van der Waals surface area contributed by atoms with Crippen LogP contribution in [0.1, 0.15) is 16.7 Å². The van der Waals surface area contributed by atoms with Crippen molar-refractivity contribution in [3.8, 4) is 6.07 Å². The molecule has 0 unspecified atom stereocenters. The highest BCUT2D eigenvalue weighted by molar-refractivity contribution is 5.64. The number of benzene rings is 1. The van der Waals surface area contributed by atoms with E-state index in [0.717, 1.165) is 11.1 Å². The van der Waals surface area contributed by atoms with Crippen molar-refractivity contribution in [2.24, 2.45) is 0 Å². The van der Waals surface area contributed by atoms with Gasteiger partial charge >= 0.3 is 0 Å². The number of anilines is 1. The number of nitro benzene ring substituents is 1. The molecule has 1 aromatic carbocycles. The van der Waals surface area contributed by atoms with Crippen LogP contribution >= 0.6 is 0 Å². The quantitative estimate of drug-likeness (QED) is 0.680. The van der Waals surface area contributed by atoms with Crippen LogP contribution in [0.4, 0.5) is 11.4 Å². The molecule has 6 nitrogen and oxygen atoms in total. The van der Waals surface area contributed by atoms with Crippen LogP contribution in [0.3, 0.4) is 0 Å². The first-order valence-electron chi connectivity index (χ1n) is 5.93. The average molecular weight is 268 g/mol. The predicted molar refractivity (Wildman–Crippen MR) is 74.1 cm³/mol. The van der Waals surface area contributed by atoms with Gasteiger partial charge in [0, 0.05) is 25.0 Å². The summed E-state index contributed by atoms with van der Waals surface area (Å²) in [5, 5.41) is 22.8. The van der Waals surface area contributed by atoms with Gasteiger partial charge in [-0.3, -0.25) is 15.1 Å². The number of rotatable bonds is 4. The number of aromatic nitrogens is 1. The van der Waals surface area contributed by atoms with Crippen LogP contribution in [0.2, 0.25) is 0 Å². The molecule has 0 aliphatic heterocycles. The summed E-state index contributed by atoms with van der Waals surface area (Å²) in [7, 11) is 0. The van der Waals surface area contributed by atoms with Crippen LogP contribution in [0.15, 0.2) is 36.7 Å². The van der Waals surface area contributed by atoms with Gasteiger partial charge in [-0.05, 0) is 36.2 Å². The van der Waals surface area contributed by atoms with Gasteiger partial charge in [-0.15, -0.1) is 0 Å². The highest BCUT2D eigenvalue weighted by Gasteiger charge is 2.14. The van der Waals surface area contributed by atoms with Crippen LogP contribution in [0, 0.1) is 28.4 Å². The van der Waals surface area contributed by atoms with E-state index in [2.05, 4.69) is 10.3 Å². The van der Waals surface area contributed by atoms with Crippen LogP contribution in [-0.4, -0.2) is 9.91 Å². The molecule has 0 spiro atoms. The SMILES string of the molecule is Cc1ccncc1CNc1cc(C#N)ccc1[N+](=O)[O-]. The number of nitrogens with one attached hydrogen (secondary N) is 1. The number of nitrogens with zero attached hydrogens (tertiary/aromatic N) is 3. The predicted octanol–water partition coefficient (Wildman–Crippen LogP) is 2.78. The lowest BCUT2D eigenvalue weighted by atomic mass is 10.1. The van der Waals surface area contributed by atoms with Gasteiger partial charge in [0.1, 0.15) is 5.69 Å². The van der Waals surface area contributed by atoms with Crippen molar-refractivity contribution in [3.63, 3.8) is 0 Å². The smallest absolute Gasteiger partial charge is 0.292 e. The number of nitriles is 1. The average Bonchev–Trinajstić information content (AvgIpc) is 2.46. The van der Waals surface area contributed by atoms with Gasteiger partial charge in [0.2, 0.25) is 0 Å². The van der Waals surface area contributed by atoms with E-state index in [1.807, 2.05) is 19.1 Å². The first kappa shape index (κ1) is 13.5. The van der Waals surface area contributed by atoms with Gasteiger partial charge < -0.3 is 5.32 Å². The lowest BCUT2D eigenvalue weighted by Crippen LogP contribution is -2.04. The molecule has 0 radical (unpaired) electrons. The second-order valence-electron chi connectivity index (χ2n) is 4.26. The Hall–Kier alpha value is -2.94. The standard InChI is InChI=1S/C14H12N4O2/c1-10-4-5-16-8-12(10)9-17-13-6-11(7-15)2-3-14(13)18(19)20/h2-6,8,17H,9H2,1H3. The van der Waals surface area contributed by atoms with Crippen molar-refractivity contribution < 1.29 is 4.92 Å². The van der Waals surface area contributed by atoms with E-state index in [0.29, 0.717) is 17.8 Å². The van der Waals surface area contributed by atoms with E-state index in [4.69, 9.17) is 5.26 Å². The number of pyridine rings is 1. The van der Waals surface area contributed by atoms with E-state index in [9.17, 15) is 10.1 Å². The summed E-state index contributed by atoms with van der Waals surface area (Å²) >= 11 is 0. The van der Waals surface area contributed by atoms with Gasteiger partial charge in [0.05, 0.1) is 16.6 Å². The molecular formula is C14H12N4O2. The third kappa shape index (κ3) is 2.90. The van der Waals surface area contributed by atoms with Gasteiger partial charge in [-0.25, -0.2) is 0 Å². The molecule has 0 bridgehead atoms. The van der Waals surface area contributed by atoms with Crippen molar-refractivity contribution in [1.82, 2.24) is 4.98 Å². The van der Waals surface area contributed by atoms with Crippen LogP contribution in [-0.2, 0) is 6.54 Å². The van der Waals surface area contributed by atoms with Crippen LogP contribution in [0.5, 0.6) is 0 Å². The third-order valence-corrected chi connectivity index (χ3v) is 2.94. The molecule has 0 aliphatic carbocycles. The van der Waals surface area contributed by atoms with Crippen LogP contribution in [0.25, 0.3) is 0 Å². The summed E-state index contributed by atoms with van der Waals surface area (Å²) in [6, 6.07) is 8.08. The molecule has 20 heavy (non-hydrogen) atoms. The number of hydrogen-bond acceptors (Lipinski definition) is 5. The molecule has 0 fully saturated rings. The van der Waals surface area contributed by atoms with Crippen molar-refractivity contribution in [3.05, 3.63) is 63.5 Å². The molecule has 0 saturated heterocycles. The largest absolute Gasteiger partial charge is 0.375 e. The molecule has 1 heterocycles. The Morgan fingerprint density at radius 3 is 2.90 bits per heavy atom. The Morgan fingerprint density at radius 2 is 2.25 bits per heavy atom. The summed E-state index contributed by atoms with van der Waals surface area (Å²) in [6.45, 7) is 2.36. The topological polar surface area (TPSA) is 91.8 Å². The molecule has 100 valence electrons. The lowest BCUT2D eigenvalue weighted by molar-refractivity contribution is -0.384.